The van der Waals surface area contributed by atoms with Crippen molar-refractivity contribution in [2.45, 2.75) is 6.92 Å². The van der Waals surface area contributed by atoms with E-state index in [-0.39, 0.29) is 32.7 Å². The summed E-state index contributed by atoms with van der Waals surface area (Å²) in [4.78, 5) is 0. The molecule has 49 valence electrons. The molecule has 0 fully saturated rings. The molecular weight excluding hydrogens is 197 g/mol. The SMILES string of the molecule is C[C-]=Cc1[c-]cccc1.[Y]. The predicted molar refractivity (Wildman–Crippen MR) is 38.7 cm³/mol. The fourth-order valence-corrected chi connectivity index (χ4v) is 0.653. The summed E-state index contributed by atoms with van der Waals surface area (Å²) >= 11 is 0. The molecule has 0 nitrogen and oxygen atoms in total. The van der Waals surface area contributed by atoms with E-state index in [0.29, 0.717) is 0 Å². The van der Waals surface area contributed by atoms with Crippen LogP contribution in [-0.2, 0) is 32.7 Å². The summed E-state index contributed by atoms with van der Waals surface area (Å²) < 4.78 is 0. The van der Waals surface area contributed by atoms with Gasteiger partial charge in [0.2, 0.25) is 0 Å². The molecule has 0 saturated heterocycles. The van der Waals surface area contributed by atoms with Gasteiger partial charge in [0.05, 0.1) is 0 Å². The molecule has 0 bridgehead atoms. The van der Waals surface area contributed by atoms with Crippen LogP contribution in [0.25, 0.3) is 6.08 Å². The van der Waals surface area contributed by atoms with Crippen LogP contribution in [0.15, 0.2) is 24.3 Å². The first-order chi connectivity index (χ1) is 4.43. The van der Waals surface area contributed by atoms with E-state index in [9.17, 15) is 0 Å². The fraction of sp³-hybridized carbons (Fsp3) is 0.111. The summed E-state index contributed by atoms with van der Waals surface area (Å²) in [6, 6.07) is 10.9. The third-order valence-corrected chi connectivity index (χ3v) is 1.03. The Morgan fingerprint density at radius 2 is 2.30 bits per heavy atom. The van der Waals surface area contributed by atoms with Gasteiger partial charge >= 0.3 is 0 Å². The minimum atomic E-state index is 0. The van der Waals surface area contributed by atoms with Crippen molar-refractivity contribution in [2.24, 2.45) is 0 Å². The minimum Gasteiger partial charge on any atom is -0.330 e. The number of hydrogen-bond acceptors (Lipinski definition) is 0. The average molecular weight is 205 g/mol. The van der Waals surface area contributed by atoms with Crippen molar-refractivity contribution in [1.29, 1.82) is 0 Å². The molecule has 1 aromatic rings. The fourth-order valence-electron chi connectivity index (χ4n) is 0.653. The Kier molecular flexibility index (Phi) is 5.86. The Morgan fingerprint density at radius 3 is 2.80 bits per heavy atom. The molecule has 1 aromatic carbocycles. The van der Waals surface area contributed by atoms with Crippen LogP contribution in [0.1, 0.15) is 12.5 Å². The van der Waals surface area contributed by atoms with Gasteiger partial charge < -0.3 is 17.7 Å². The molecule has 0 spiro atoms. The molecule has 0 amide bonds. The predicted octanol–water partition coefficient (Wildman–Crippen LogP) is 2.32. The Morgan fingerprint density at radius 1 is 1.50 bits per heavy atom. The van der Waals surface area contributed by atoms with Crippen LogP contribution in [-0.4, -0.2) is 0 Å². The summed E-state index contributed by atoms with van der Waals surface area (Å²) in [7, 11) is 0. The smallest absolute Gasteiger partial charge is 0 e. The summed E-state index contributed by atoms with van der Waals surface area (Å²) in [5, 5.41) is 0. The maximum Gasteiger partial charge on any atom is 0 e. The minimum absolute atomic E-state index is 0. The van der Waals surface area contributed by atoms with Crippen LogP contribution in [0.2, 0.25) is 0 Å². The standard InChI is InChI=1S/C9H8.Y/c1-2-6-9-7-4-3-5-8-9;/h3-7H,1H3;/q-2;. The molecule has 1 heteroatoms. The number of hydrogen-bond donors (Lipinski definition) is 0. The van der Waals surface area contributed by atoms with Crippen LogP contribution in [0, 0.1) is 12.1 Å². The van der Waals surface area contributed by atoms with E-state index in [2.05, 4.69) is 12.1 Å². The molecular formula is C9H8Y-2. The van der Waals surface area contributed by atoms with E-state index in [0.717, 1.165) is 5.56 Å². The van der Waals surface area contributed by atoms with Gasteiger partial charge in [0, 0.05) is 32.7 Å². The monoisotopic (exact) mass is 205 g/mol. The van der Waals surface area contributed by atoms with Gasteiger partial charge in [0.25, 0.3) is 0 Å². The van der Waals surface area contributed by atoms with Gasteiger partial charge in [0.1, 0.15) is 0 Å². The first-order valence-corrected chi connectivity index (χ1v) is 2.90. The van der Waals surface area contributed by atoms with E-state index >= 15 is 0 Å². The van der Waals surface area contributed by atoms with Crippen molar-refractivity contribution < 1.29 is 32.7 Å². The Balaban J connectivity index is 0.000000810. The van der Waals surface area contributed by atoms with Gasteiger partial charge in [-0.2, -0.15) is 12.1 Å². The maximum atomic E-state index is 3.05. The normalized spacial score (nSPS) is 9.30. The van der Waals surface area contributed by atoms with Crippen LogP contribution >= 0.6 is 0 Å². The molecule has 0 heterocycles. The third kappa shape index (κ3) is 3.29. The number of allylic oxidation sites excluding steroid dienone is 1. The molecule has 10 heavy (non-hydrogen) atoms. The van der Waals surface area contributed by atoms with E-state index in [1.807, 2.05) is 37.3 Å². The van der Waals surface area contributed by atoms with Gasteiger partial charge in [-0.1, -0.05) is 0 Å². The van der Waals surface area contributed by atoms with Gasteiger partial charge in [-0.15, -0.1) is 13.0 Å². The van der Waals surface area contributed by atoms with Gasteiger partial charge in [-0.25, -0.2) is 12.1 Å². The van der Waals surface area contributed by atoms with E-state index in [1.54, 1.807) is 0 Å². The summed E-state index contributed by atoms with van der Waals surface area (Å²) in [5.74, 6) is 0. The first-order valence-electron chi connectivity index (χ1n) is 2.90. The summed E-state index contributed by atoms with van der Waals surface area (Å²) in [6.07, 6.45) is 4.83. The number of rotatable bonds is 1. The van der Waals surface area contributed by atoms with Crippen molar-refractivity contribution in [2.75, 3.05) is 0 Å². The molecule has 0 aliphatic carbocycles. The molecule has 0 aromatic heterocycles. The van der Waals surface area contributed by atoms with Crippen molar-refractivity contribution in [3.63, 3.8) is 0 Å². The van der Waals surface area contributed by atoms with Crippen molar-refractivity contribution >= 4 is 6.08 Å². The van der Waals surface area contributed by atoms with E-state index in [4.69, 9.17) is 0 Å². The molecule has 0 aliphatic rings. The summed E-state index contributed by atoms with van der Waals surface area (Å²) in [6.45, 7) is 1.88. The van der Waals surface area contributed by atoms with Crippen molar-refractivity contribution in [1.82, 2.24) is 0 Å². The van der Waals surface area contributed by atoms with Crippen molar-refractivity contribution in [3.05, 3.63) is 42.0 Å². The molecule has 0 saturated carbocycles. The van der Waals surface area contributed by atoms with Crippen LogP contribution < -0.4 is 0 Å². The molecule has 0 aliphatic heterocycles. The molecule has 0 N–H and O–H groups in total. The second kappa shape index (κ2) is 5.82. The quantitative estimate of drug-likeness (QED) is 0.617. The molecule has 1 rings (SSSR count). The second-order valence-corrected chi connectivity index (χ2v) is 1.75. The first kappa shape index (κ1) is 10.1. The molecule has 0 atom stereocenters. The van der Waals surface area contributed by atoms with Gasteiger partial charge in [0.15, 0.2) is 0 Å². The third-order valence-electron chi connectivity index (χ3n) is 1.03. The Bertz CT molecular complexity index is 189. The topological polar surface area (TPSA) is 0 Å². The van der Waals surface area contributed by atoms with Gasteiger partial charge in [-0.05, 0) is 0 Å². The van der Waals surface area contributed by atoms with Crippen molar-refractivity contribution in [3.8, 4) is 0 Å². The Hall–Kier alpha value is 0.0639. The van der Waals surface area contributed by atoms with E-state index < -0.39 is 0 Å². The summed E-state index contributed by atoms with van der Waals surface area (Å²) in [5.41, 5.74) is 1.08. The zero-order valence-electron chi connectivity index (χ0n) is 5.96. The second-order valence-electron chi connectivity index (χ2n) is 1.75. The zero-order valence-corrected chi connectivity index (χ0v) is 8.80. The van der Waals surface area contributed by atoms with E-state index in [1.165, 1.54) is 0 Å². The largest absolute Gasteiger partial charge is 0.330 e. The van der Waals surface area contributed by atoms with Crippen LogP contribution in [0.3, 0.4) is 0 Å². The number of benzene rings is 1. The van der Waals surface area contributed by atoms with Crippen LogP contribution in [0.5, 0.6) is 0 Å². The Labute approximate surface area is 87.2 Å². The van der Waals surface area contributed by atoms with Gasteiger partial charge in [-0.3, -0.25) is 0 Å². The van der Waals surface area contributed by atoms with Crippen LogP contribution in [0.4, 0.5) is 0 Å². The zero-order chi connectivity index (χ0) is 6.53. The maximum absolute atomic E-state index is 3.05. The molecule has 1 radical (unpaired) electrons. The molecule has 0 unspecified atom stereocenters. The average Bonchev–Trinajstić information content (AvgIpc) is 1.91.